The zero-order valence-electron chi connectivity index (χ0n) is 27.5. The van der Waals surface area contributed by atoms with E-state index in [0.717, 1.165) is 11.5 Å². The zero-order chi connectivity index (χ0) is 33.5. The summed E-state index contributed by atoms with van der Waals surface area (Å²) in [5.74, 6) is 2.01. The Bertz CT molecular complexity index is 1280. The van der Waals surface area contributed by atoms with Crippen LogP contribution in [0.15, 0.2) is 18.5 Å². The molecule has 1 aliphatic rings. The highest BCUT2D eigenvalue weighted by Crippen LogP contribution is 2.49. The van der Waals surface area contributed by atoms with E-state index < -0.39 is 37.8 Å². The third kappa shape index (κ3) is 10.9. The van der Waals surface area contributed by atoms with E-state index in [0.29, 0.717) is 11.9 Å². The molecule has 3 rings (SSSR count). The fraction of sp³-hybridized carbons (Fsp3) is 0.781. The van der Waals surface area contributed by atoms with Gasteiger partial charge >= 0.3 is 7.82 Å². The molecule has 0 bridgehead atoms. The monoisotopic (exact) mass is 683 g/mol. The summed E-state index contributed by atoms with van der Waals surface area (Å²) in [4.78, 5) is 14.1. The number of nitrogen functional groups attached to an aromatic ring is 1. The van der Waals surface area contributed by atoms with Gasteiger partial charge in [0, 0.05) is 0 Å². The molecule has 1 unspecified atom stereocenters. The van der Waals surface area contributed by atoms with Crippen molar-refractivity contribution < 1.29 is 33.5 Å². The van der Waals surface area contributed by atoms with Crippen molar-refractivity contribution in [3.8, 4) is 6.07 Å². The van der Waals surface area contributed by atoms with E-state index in [1.807, 2.05) is 6.07 Å². The summed E-state index contributed by atoms with van der Waals surface area (Å²) < 4.78 is 30.1. The Morgan fingerprint density at radius 3 is 2.17 bits per heavy atom. The van der Waals surface area contributed by atoms with Gasteiger partial charge in [-0.05, 0) is 43.4 Å². The second-order valence-corrected chi connectivity index (χ2v) is 15.1. The summed E-state index contributed by atoms with van der Waals surface area (Å²) in [6.45, 7) is 3.06. The van der Waals surface area contributed by atoms with Crippen LogP contribution in [-0.2, 0) is 24.0 Å². The SMILES string of the molecule is CCCCCCCCCCCCCCCCSCCCOP(=O)(O)OC[C@@]1(C)O[C@@](C#N)(c2ccc3c(N)ncnn23)[C@H](O)[C@@H]1O. The molecule has 260 valence electrons. The van der Waals surface area contributed by atoms with Gasteiger partial charge in [-0.1, -0.05) is 90.4 Å². The molecule has 0 spiro atoms. The van der Waals surface area contributed by atoms with Gasteiger partial charge in [0.05, 0.1) is 18.9 Å². The second kappa shape index (κ2) is 19.3. The number of phosphoric ester groups is 1. The molecule has 0 aliphatic carbocycles. The number of phosphoric acid groups is 1. The number of thioether (sulfide) groups is 1. The molecule has 1 aliphatic heterocycles. The van der Waals surface area contributed by atoms with Crippen molar-refractivity contribution in [3.05, 3.63) is 24.2 Å². The van der Waals surface area contributed by atoms with Crippen LogP contribution in [0.3, 0.4) is 0 Å². The van der Waals surface area contributed by atoms with E-state index in [1.165, 1.54) is 114 Å². The van der Waals surface area contributed by atoms with Crippen LogP contribution in [0, 0.1) is 11.3 Å². The normalized spacial score (nSPS) is 24.3. The standard InChI is InChI=1S/C32H54N5O7PS/c1-3-4-5-6-7-8-9-10-11-12-13-14-15-16-21-46-22-17-20-42-45(40,41)43-24-31(2)28(38)29(39)32(23-33,44-31)27-19-18-26-30(34)35-25-36-37(26)27/h18-19,25,28-29,38-39H,3-17,20-22,24H2,1-2H3,(H,40,41)(H2,34,35,36)/t28-,29+,31+,32-/m0/s1. The lowest BCUT2D eigenvalue weighted by Gasteiger charge is -2.29. The fourth-order valence-electron chi connectivity index (χ4n) is 5.83. The first-order valence-electron chi connectivity index (χ1n) is 16.9. The van der Waals surface area contributed by atoms with Crippen molar-refractivity contribution in [1.82, 2.24) is 14.6 Å². The summed E-state index contributed by atoms with van der Waals surface area (Å²) in [6.07, 6.45) is 17.1. The highest BCUT2D eigenvalue weighted by atomic mass is 32.2. The van der Waals surface area contributed by atoms with Gasteiger partial charge in [-0.15, -0.1) is 0 Å². The molecule has 2 aromatic heterocycles. The first-order valence-corrected chi connectivity index (χ1v) is 19.5. The van der Waals surface area contributed by atoms with Crippen LogP contribution in [0.5, 0.6) is 0 Å². The van der Waals surface area contributed by atoms with Gasteiger partial charge in [0.2, 0.25) is 5.60 Å². The van der Waals surface area contributed by atoms with E-state index in [2.05, 4.69) is 17.0 Å². The van der Waals surface area contributed by atoms with Crippen LogP contribution in [0.4, 0.5) is 5.82 Å². The number of rotatable bonds is 24. The maximum atomic E-state index is 12.6. The number of aromatic nitrogens is 3. The third-order valence-electron chi connectivity index (χ3n) is 8.61. The maximum absolute atomic E-state index is 12.6. The van der Waals surface area contributed by atoms with Crippen LogP contribution in [-0.4, -0.2) is 72.2 Å². The molecule has 3 heterocycles. The summed E-state index contributed by atoms with van der Waals surface area (Å²) in [7, 11) is -4.49. The number of nitrogens with zero attached hydrogens (tertiary/aromatic N) is 4. The molecule has 1 saturated heterocycles. The quantitative estimate of drug-likeness (QED) is 0.0718. The lowest BCUT2D eigenvalue weighted by atomic mass is 9.90. The average molecular weight is 684 g/mol. The van der Waals surface area contributed by atoms with E-state index in [-0.39, 0.29) is 18.1 Å². The molecule has 14 heteroatoms. The second-order valence-electron chi connectivity index (χ2n) is 12.5. The number of nitrogens with two attached hydrogens (primary N) is 1. The van der Waals surface area contributed by atoms with Crippen molar-refractivity contribution in [3.63, 3.8) is 0 Å². The van der Waals surface area contributed by atoms with Crippen molar-refractivity contribution in [2.45, 2.75) is 134 Å². The van der Waals surface area contributed by atoms with Crippen LogP contribution in [0.1, 0.15) is 116 Å². The topological polar surface area (TPSA) is 185 Å². The minimum atomic E-state index is -4.49. The van der Waals surface area contributed by atoms with Crippen LogP contribution in [0.25, 0.3) is 5.52 Å². The molecule has 5 N–H and O–H groups in total. The average Bonchev–Trinajstić information content (AvgIpc) is 3.56. The minimum Gasteiger partial charge on any atom is -0.387 e. The number of unbranched alkanes of at least 4 members (excludes halogenated alkanes) is 13. The molecular weight excluding hydrogens is 629 g/mol. The Kier molecular flexibility index (Phi) is 16.2. The van der Waals surface area contributed by atoms with Crippen molar-refractivity contribution in [2.24, 2.45) is 0 Å². The van der Waals surface area contributed by atoms with Crippen molar-refractivity contribution in [1.29, 1.82) is 5.26 Å². The number of anilines is 1. The molecule has 2 aromatic rings. The number of hydrogen-bond acceptors (Lipinski definition) is 11. The minimum absolute atomic E-state index is 0.0294. The van der Waals surface area contributed by atoms with E-state index >= 15 is 0 Å². The number of ether oxygens (including phenoxy) is 1. The molecule has 0 saturated carbocycles. The van der Waals surface area contributed by atoms with Crippen LogP contribution in [0.2, 0.25) is 0 Å². The molecule has 5 atom stereocenters. The third-order valence-corrected chi connectivity index (χ3v) is 10.7. The fourth-order valence-corrected chi connectivity index (χ4v) is 7.62. The van der Waals surface area contributed by atoms with Gasteiger partial charge in [-0.25, -0.2) is 14.1 Å². The van der Waals surface area contributed by atoms with Gasteiger partial charge in [0.1, 0.15) is 35.7 Å². The molecule has 46 heavy (non-hydrogen) atoms. The predicted molar refractivity (Wildman–Crippen MR) is 180 cm³/mol. The highest BCUT2D eigenvalue weighted by Gasteiger charge is 2.63. The largest absolute Gasteiger partial charge is 0.472 e. The Morgan fingerprint density at radius 2 is 1.57 bits per heavy atom. The van der Waals surface area contributed by atoms with E-state index in [1.54, 1.807) is 17.8 Å². The molecule has 0 radical (unpaired) electrons. The van der Waals surface area contributed by atoms with Gasteiger partial charge in [0.25, 0.3) is 0 Å². The number of aliphatic hydroxyl groups is 2. The zero-order valence-corrected chi connectivity index (χ0v) is 29.2. The first kappa shape index (κ1) is 38.7. The Labute approximate surface area is 278 Å². The van der Waals surface area contributed by atoms with Crippen LogP contribution >= 0.6 is 19.6 Å². The smallest absolute Gasteiger partial charge is 0.387 e. The molecule has 12 nitrogen and oxygen atoms in total. The van der Waals surface area contributed by atoms with Gasteiger partial charge in [-0.2, -0.15) is 22.1 Å². The summed E-state index contributed by atoms with van der Waals surface area (Å²) in [5.41, 5.74) is 2.61. The first-order chi connectivity index (χ1) is 22.1. The Morgan fingerprint density at radius 1 is 0.978 bits per heavy atom. The number of nitriles is 1. The summed E-state index contributed by atoms with van der Waals surface area (Å²) >= 11 is 1.80. The Hall–Kier alpha value is -1.75. The molecular formula is C32H54N5O7PS. The number of hydrogen-bond donors (Lipinski definition) is 4. The highest BCUT2D eigenvalue weighted by molar-refractivity contribution is 7.99. The molecule has 1 fully saturated rings. The van der Waals surface area contributed by atoms with Gasteiger partial charge in [0.15, 0.2) is 5.82 Å². The van der Waals surface area contributed by atoms with Crippen LogP contribution < -0.4 is 5.73 Å². The van der Waals surface area contributed by atoms with E-state index in [4.69, 9.17) is 19.5 Å². The summed E-state index contributed by atoms with van der Waals surface area (Å²) in [6, 6.07) is 4.99. The van der Waals surface area contributed by atoms with Crippen molar-refractivity contribution in [2.75, 3.05) is 30.5 Å². The van der Waals surface area contributed by atoms with Crippen molar-refractivity contribution >= 4 is 30.9 Å². The molecule has 0 aromatic carbocycles. The lowest BCUT2D eigenvalue weighted by molar-refractivity contribution is -0.123. The lowest BCUT2D eigenvalue weighted by Crippen LogP contribution is -2.44. The number of fused-ring (bicyclic) bond motifs is 1. The predicted octanol–water partition coefficient (Wildman–Crippen LogP) is 6.28. The number of aliphatic hydroxyl groups excluding tert-OH is 2. The molecule has 0 amide bonds. The Balaban J connectivity index is 1.27. The van der Waals surface area contributed by atoms with Gasteiger partial charge < -0.3 is 25.6 Å². The van der Waals surface area contributed by atoms with Gasteiger partial charge in [-0.3, -0.25) is 9.05 Å². The maximum Gasteiger partial charge on any atom is 0.472 e. The van der Waals surface area contributed by atoms with E-state index in [9.17, 15) is 24.9 Å². The summed E-state index contributed by atoms with van der Waals surface area (Å²) in [5, 5.41) is 36.0.